The number of carbonyl (C=O) groups is 1. The van der Waals surface area contributed by atoms with E-state index in [2.05, 4.69) is 11.9 Å². The van der Waals surface area contributed by atoms with Crippen molar-refractivity contribution in [1.82, 2.24) is 4.98 Å². The minimum Gasteiger partial charge on any atom is -0.295 e. The number of rotatable bonds is 1. The highest BCUT2D eigenvalue weighted by Gasteiger charge is 2.19. The summed E-state index contributed by atoms with van der Waals surface area (Å²) in [4.78, 5) is 16.1. The molecule has 0 amide bonds. The molecule has 0 aliphatic heterocycles. The first kappa shape index (κ1) is 7.92. The number of carbonyl (C=O) groups excluding carboxylic acids is 1. The lowest BCUT2D eigenvalue weighted by Crippen LogP contribution is -2.09. The van der Waals surface area contributed by atoms with E-state index in [1.165, 1.54) is 17.0 Å². The molecular weight excluding hydrogens is 170 g/mol. The lowest BCUT2D eigenvalue weighted by molar-refractivity contribution is 0.112. The van der Waals surface area contributed by atoms with Crippen molar-refractivity contribution in [3.8, 4) is 0 Å². The van der Waals surface area contributed by atoms with Gasteiger partial charge in [-0.05, 0) is 25.2 Å². The summed E-state index contributed by atoms with van der Waals surface area (Å²) in [6.45, 7) is 2.24. The molecule has 12 heavy (non-hydrogen) atoms. The normalized spacial score (nSPS) is 21.9. The van der Waals surface area contributed by atoms with Crippen molar-refractivity contribution >= 4 is 17.6 Å². The first-order chi connectivity index (χ1) is 5.79. The van der Waals surface area contributed by atoms with E-state index in [1.807, 2.05) is 0 Å². The number of aryl methyl sites for hydroxylation is 1. The van der Waals surface area contributed by atoms with Gasteiger partial charge in [-0.15, -0.1) is 11.3 Å². The van der Waals surface area contributed by atoms with Crippen molar-refractivity contribution in [3.63, 3.8) is 0 Å². The Morgan fingerprint density at radius 1 is 1.67 bits per heavy atom. The van der Waals surface area contributed by atoms with E-state index in [0.29, 0.717) is 5.01 Å². The van der Waals surface area contributed by atoms with E-state index in [-0.39, 0.29) is 0 Å². The van der Waals surface area contributed by atoms with Crippen molar-refractivity contribution in [1.29, 1.82) is 0 Å². The lowest BCUT2D eigenvalue weighted by atomic mass is 9.93. The minimum absolute atomic E-state index is 0.647. The molecule has 1 aliphatic carbocycles. The molecule has 0 spiro atoms. The van der Waals surface area contributed by atoms with Crippen molar-refractivity contribution in [2.75, 3.05) is 0 Å². The highest BCUT2D eigenvalue weighted by atomic mass is 32.1. The fraction of sp³-hybridized carbons (Fsp3) is 0.556. The van der Waals surface area contributed by atoms with Crippen LogP contribution < -0.4 is 0 Å². The molecule has 0 aromatic carbocycles. The van der Waals surface area contributed by atoms with Gasteiger partial charge in [-0.1, -0.05) is 6.92 Å². The van der Waals surface area contributed by atoms with Crippen LogP contribution in [0.3, 0.4) is 0 Å². The van der Waals surface area contributed by atoms with Gasteiger partial charge in [-0.2, -0.15) is 0 Å². The highest BCUT2D eigenvalue weighted by molar-refractivity contribution is 7.13. The molecular formula is C9H11NOS. The number of fused-ring (bicyclic) bond motifs is 1. The summed E-state index contributed by atoms with van der Waals surface area (Å²) in [5.41, 5.74) is 1.17. The van der Waals surface area contributed by atoms with Crippen LogP contribution in [0.15, 0.2) is 0 Å². The van der Waals surface area contributed by atoms with Crippen LogP contribution in [-0.4, -0.2) is 11.3 Å². The second-order valence-electron chi connectivity index (χ2n) is 3.39. The largest absolute Gasteiger partial charge is 0.295 e. The van der Waals surface area contributed by atoms with E-state index >= 15 is 0 Å². The van der Waals surface area contributed by atoms with Crippen molar-refractivity contribution in [2.24, 2.45) is 5.92 Å². The SMILES string of the molecule is CC1CCc2sc(C=O)nc2C1. The van der Waals surface area contributed by atoms with Crippen LogP contribution in [0, 0.1) is 5.92 Å². The summed E-state index contributed by atoms with van der Waals surface area (Å²) in [5, 5.41) is 0.647. The first-order valence-corrected chi connectivity index (χ1v) is 5.05. The molecule has 1 atom stereocenters. The molecule has 3 heteroatoms. The number of nitrogens with zero attached hydrogens (tertiary/aromatic N) is 1. The Bertz CT molecular complexity index is 305. The summed E-state index contributed by atoms with van der Waals surface area (Å²) in [7, 11) is 0. The lowest BCUT2D eigenvalue weighted by Gasteiger charge is -2.15. The second kappa shape index (κ2) is 2.98. The predicted octanol–water partition coefficient (Wildman–Crippen LogP) is 2.08. The number of hydrogen-bond donors (Lipinski definition) is 0. The minimum atomic E-state index is 0.647. The van der Waals surface area contributed by atoms with Gasteiger partial charge in [0.15, 0.2) is 11.3 Å². The van der Waals surface area contributed by atoms with Crippen molar-refractivity contribution in [2.45, 2.75) is 26.2 Å². The van der Waals surface area contributed by atoms with Gasteiger partial charge in [-0.25, -0.2) is 4.98 Å². The summed E-state index contributed by atoms with van der Waals surface area (Å²) in [6.07, 6.45) is 4.27. The Morgan fingerprint density at radius 3 is 3.25 bits per heavy atom. The van der Waals surface area contributed by atoms with E-state index in [4.69, 9.17) is 0 Å². The molecule has 2 nitrogen and oxygen atoms in total. The number of aldehydes is 1. The molecule has 1 aromatic heterocycles. The van der Waals surface area contributed by atoms with Crippen LogP contribution in [0.4, 0.5) is 0 Å². The summed E-state index contributed by atoms with van der Waals surface area (Å²) in [6, 6.07) is 0. The quantitative estimate of drug-likeness (QED) is 0.621. The number of hydrogen-bond acceptors (Lipinski definition) is 3. The zero-order chi connectivity index (χ0) is 8.55. The Kier molecular flexibility index (Phi) is 1.97. The fourth-order valence-corrected chi connectivity index (χ4v) is 2.54. The maximum absolute atomic E-state index is 10.5. The summed E-state index contributed by atoms with van der Waals surface area (Å²) >= 11 is 1.56. The fourth-order valence-electron chi connectivity index (χ4n) is 1.62. The molecule has 1 aromatic rings. The number of thiazole rings is 1. The van der Waals surface area contributed by atoms with Gasteiger partial charge in [0, 0.05) is 4.88 Å². The summed E-state index contributed by atoms with van der Waals surface area (Å²) in [5.74, 6) is 0.735. The Morgan fingerprint density at radius 2 is 2.50 bits per heavy atom. The molecule has 0 bridgehead atoms. The number of aromatic nitrogens is 1. The second-order valence-corrected chi connectivity index (χ2v) is 4.50. The molecule has 0 fully saturated rings. The van der Waals surface area contributed by atoms with E-state index in [0.717, 1.165) is 25.0 Å². The third kappa shape index (κ3) is 1.29. The van der Waals surface area contributed by atoms with Gasteiger partial charge >= 0.3 is 0 Å². The first-order valence-electron chi connectivity index (χ1n) is 4.23. The van der Waals surface area contributed by atoms with Crippen LogP contribution in [-0.2, 0) is 12.8 Å². The standard InChI is InChI=1S/C9H11NOS/c1-6-2-3-8-7(4-6)10-9(5-11)12-8/h5-6H,2-4H2,1H3. The molecule has 1 heterocycles. The molecule has 64 valence electrons. The smallest absolute Gasteiger partial charge is 0.178 e. The van der Waals surface area contributed by atoms with Crippen LogP contribution >= 0.6 is 11.3 Å². The molecule has 1 unspecified atom stereocenters. The van der Waals surface area contributed by atoms with Crippen molar-refractivity contribution in [3.05, 3.63) is 15.6 Å². The third-order valence-electron chi connectivity index (χ3n) is 2.30. The van der Waals surface area contributed by atoms with Gasteiger partial charge in [0.05, 0.1) is 5.69 Å². The van der Waals surface area contributed by atoms with Crippen LogP contribution in [0.2, 0.25) is 0 Å². The molecule has 1 aliphatic rings. The van der Waals surface area contributed by atoms with Crippen molar-refractivity contribution < 1.29 is 4.79 Å². The van der Waals surface area contributed by atoms with E-state index in [1.54, 1.807) is 11.3 Å². The molecule has 0 saturated heterocycles. The third-order valence-corrected chi connectivity index (χ3v) is 3.38. The zero-order valence-corrected chi connectivity index (χ0v) is 7.86. The van der Waals surface area contributed by atoms with E-state index in [9.17, 15) is 4.79 Å². The molecule has 0 N–H and O–H groups in total. The van der Waals surface area contributed by atoms with Gasteiger partial charge in [-0.3, -0.25) is 4.79 Å². The molecule has 2 rings (SSSR count). The average Bonchev–Trinajstić information content (AvgIpc) is 2.46. The topological polar surface area (TPSA) is 30.0 Å². The summed E-state index contributed by atoms with van der Waals surface area (Å²) < 4.78 is 0. The van der Waals surface area contributed by atoms with Gasteiger partial charge < -0.3 is 0 Å². The monoisotopic (exact) mass is 181 g/mol. The molecule has 0 saturated carbocycles. The Balaban J connectivity index is 2.34. The molecule has 0 radical (unpaired) electrons. The van der Waals surface area contributed by atoms with Crippen LogP contribution in [0.1, 0.15) is 33.7 Å². The van der Waals surface area contributed by atoms with Crippen LogP contribution in [0.25, 0.3) is 0 Å². The van der Waals surface area contributed by atoms with Gasteiger partial charge in [0.1, 0.15) is 0 Å². The predicted molar refractivity (Wildman–Crippen MR) is 48.7 cm³/mol. The average molecular weight is 181 g/mol. The van der Waals surface area contributed by atoms with Crippen LogP contribution in [0.5, 0.6) is 0 Å². The van der Waals surface area contributed by atoms with Gasteiger partial charge in [0.2, 0.25) is 0 Å². The van der Waals surface area contributed by atoms with E-state index < -0.39 is 0 Å². The zero-order valence-electron chi connectivity index (χ0n) is 7.04. The highest BCUT2D eigenvalue weighted by Crippen LogP contribution is 2.28. The van der Waals surface area contributed by atoms with Gasteiger partial charge in [0.25, 0.3) is 0 Å². The maximum Gasteiger partial charge on any atom is 0.178 e. The Hall–Kier alpha value is -0.700. The Labute approximate surface area is 75.6 Å². The maximum atomic E-state index is 10.5.